The number of hydrogen-bond donors (Lipinski definition) is 1. The maximum Gasteiger partial charge on any atom is 0.244 e. The fraction of sp³-hybridized carbons (Fsp3) is 0.176. The van der Waals surface area contributed by atoms with Gasteiger partial charge in [0.05, 0.1) is 18.7 Å². The summed E-state index contributed by atoms with van der Waals surface area (Å²) in [5.41, 5.74) is 0.909. The van der Waals surface area contributed by atoms with Crippen molar-refractivity contribution in [1.82, 2.24) is 0 Å². The van der Waals surface area contributed by atoms with Gasteiger partial charge in [-0.25, -0.2) is 4.39 Å². The smallest absolute Gasteiger partial charge is 0.244 e. The molecule has 0 saturated carbocycles. The largest absolute Gasteiger partial charge is 0.491 e. The van der Waals surface area contributed by atoms with Crippen LogP contribution in [-0.4, -0.2) is 25.0 Å². The van der Waals surface area contributed by atoms with Crippen molar-refractivity contribution in [2.24, 2.45) is 0 Å². The highest BCUT2D eigenvalue weighted by Crippen LogP contribution is 2.30. The maximum atomic E-state index is 13.2. The molecule has 0 aliphatic carbocycles. The standard InChI is InChI=1S/C17H15FN2O3/c18-12-4-3-5-13(10-12)19-16(21)11-20-14-6-1-2-7-15(14)23-9-8-17(20)22/h1-7,10H,8-9,11H2,(H,19,21). The van der Waals surface area contributed by atoms with E-state index >= 15 is 0 Å². The van der Waals surface area contributed by atoms with E-state index in [0.717, 1.165) is 0 Å². The van der Waals surface area contributed by atoms with Gasteiger partial charge in [-0.2, -0.15) is 0 Å². The fourth-order valence-corrected chi connectivity index (χ4v) is 2.40. The zero-order valence-corrected chi connectivity index (χ0v) is 12.3. The lowest BCUT2D eigenvalue weighted by atomic mass is 10.2. The molecule has 0 bridgehead atoms. The molecule has 0 spiro atoms. The first-order chi connectivity index (χ1) is 11.1. The summed E-state index contributed by atoms with van der Waals surface area (Å²) in [7, 11) is 0. The fourth-order valence-electron chi connectivity index (χ4n) is 2.40. The first-order valence-electron chi connectivity index (χ1n) is 7.21. The molecule has 1 aliphatic heterocycles. The van der Waals surface area contributed by atoms with E-state index in [0.29, 0.717) is 17.1 Å². The average Bonchev–Trinajstić information content (AvgIpc) is 2.67. The summed E-state index contributed by atoms with van der Waals surface area (Å²) >= 11 is 0. The summed E-state index contributed by atoms with van der Waals surface area (Å²) in [6.07, 6.45) is 0.196. The zero-order valence-electron chi connectivity index (χ0n) is 12.3. The van der Waals surface area contributed by atoms with Crippen LogP contribution in [-0.2, 0) is 9.59 Å². The second-order valence-corrected chi connectivity index (χ2v) is 5.10. The molecule has 1 N–H and O–H groups in total. The molecule has 2 amide bonds. The highest BCUT2D eigenvalue weighted by molar-refractivity contribution is 6.03. The van der Waals surface area contributed by atoms with E-state index in [1.54, 1.807) is 30.3 Å². The van der Waals surface area contributed by atoms with Crippen LogP contribution >= 0.6 is 0 Å². The molecule has 2 aromatic rings. The number of ether oxygens (including phenoxy) is 1. The summed E-state index contributed by atoms with van der Waals surface area (Å²) in [6.45, 7) is 0.119. The van der Waals surface area contributed by atoms with Crippen molar-refractivity contribution in [3.63, 3.8) is 0 Å². The number of benzene rings is 2. The van der Waals surface area contributed by atoms with Crippen molar-refractivity contribution in [2.45, 2.75) is 6.42 Å². The highest BCUT2D eigenvalue weighted by Gasteiger charge is 2.24. The molecule has 0 atom stereocenters. The lowest BCUT2D eigenvalue weighted by Crippen LogP contribution is -2.37. The van der Waals surface area contributed by atoms with E-state index in [-0.39, 0.29) is 25.5 Å². The van der Waals surface area contributed by atoms with Gasteiger partial charge in [0.15, 0.2) is 0 Å². The first-order valence-corrected chi connectivity index (χ1v) is 7.21. The third-order valence-electron chi connectivity index (χ3n) is 3.44. The van der Waals surface area contributed by atoms with Crippen LogP contribution in [0.5, 0.6) is 5.75 Å². The van der Waals surface area contributed by atoms with Gasteiger partial charge in [0.25, 0.3) is 0 Å². The first kappa shape index (κ1) is 15.0. The lowest BCUT2D eigenvalue weighted by Gasteiger charge is -2.21. The Morgan fingerprint density at radius 2 is 2.04 bits per heavy atom. The molecule has 0 radical (unpaired) electrons. The normalized spacial score (nSPS) is 13.8. The molecule has 0 aromatic heterocycles. The molecule has 0 fully saturated rings. The molecule has 5 nitrogen and oxygen atoms in total. The second kappa shape index (κ2) is 6.48. The Morgan fingerprint density at radius 3 is 2.87 bits per heavy atom. The van der Waals surface area contributed by atoms with Crippen LogP contribution in [0.25, 0.3) is 0 Å². The number of fused-ring (bicyclic) bond motifs is 1. The molecular weight excluding hydrogens is 299 g/mol. The Hall–Kier alpha value is -2.89. The predicted octanol–water partition coefficient (Wildman–Crippen LogP) is 2.58. The average molecular weight is 314 g/mol. The molecule has 1 heterocycles. The number of hydrogen-bond acceptors (Lipinski definition) is 3. The van der Waals surface area contributed by atoms with Crippen LogP contribution in [0.15, 0.2) is 48.5 Å². The van der Waals surface area contributed by atoms with E-state index in [1.165, 1.54) is 23.1 Å². The molecular formula is C17H15FN2O3. The number of nitrogens with one attached hydrogen (secondary N) is 1. The van der Waals surface area contributed by atoms with Crippen LogP contribution in [0.3, 0.4) is 0 Å². The zero-order chi connectivity index (χ0) is 16.2. The maximum absolute atomic E-state index is 13.2. The number of carbonyl (C=O) groups excluding carboxylic acids is 2. The van der Waals surface area contributed by atoms with E-state index in [9.17, 15) is 14.0 Å². The van der Waals surface area contributed by atoms with Crippen molar-refractivity contribution in [2.75, 3.05) is 23.4 Å². The lowest BCUT2D eigenvalue weighted by molar-refractivity contribution is -0.121. The monoisotopic (exact) mass is 314 g/mol. The summed E-state index contributed by atoms with van der Waals surface area (Å²) in [5, 5.41) is 2.59. The number of amides is 2. The van der Waals surface area contributed by atoms with Crippen LogP contribution < -0.4 is 15.0 Å². The Bertz CT molecular complexity index is 748. The number of halogens is 1. The van der Waals surface area contributed by atoms with Crippen LogP contribution in [0, 0.1) is 5.82 Å². The van der Waals surface area contributed by atoms with Gasteiger partial charge >= 0.3 is 0 Å². The van der Waals surface area contributed by atoms with Gasteiger partial charge in [-0.1, -0.05) is 18.2 Å². The minimum Gasteiger partial charge on any atom is -0.491 e. The van der Waals surface area contributed by atoms with Gasteiger partial charge in [0.2, 0.25) is 11.8 Å². The summed E-state index contributed by atoms with van der Waals surface area (Å²) in [6, 6.07) is 12.7. The summed E-state index contributed by atoms with van der Waals surface area (Å²) in [4.78, 5) is 25.8. The van der Waals surface area contributed by atoms with Crippen LogP contribution in [0.4, 0.5) is 15.8 Å². The number of carbonyl (C=O) groups is 2. The predicted molar refractivity (Wildman–Crippen MR) is 83.9 cm³/mol. The van der Waals surface area contributed by atoms with Crippen LogP contribution in [0.2, 0.25) is 0 Å². The molecule has 0 unspecified atom stereocenters. The van der Waals surface area contributed by atoms with Crippen molar-refractivity contribution in [1.29, 1.82) is 0 Å². The molecule has 3 rings (SSSR count). The number of anilines is 2. The Morgan fingerprint density at radius 1 is 1.22 bits per heavy atom. The van der Waals surface area contributed by atoms with E-state index in [4.69, 9.17) is 4.74 Å². The Balaban J connectivity index is 1.78. The van der Waals surface area contributed by atoms with Crippen molar-refractivity contribution >= 4 is 23.2 Å². The van der Waals surface area contributed by atoms with Crippen molar-refractivity contribution < 1.29 is 18.7 Å². The molecule has 6 heteroatoms. The minimum atomic E-state index is -0.438. The molecule has 2 aromatic carbocycles. The van der Waals surface area contributed by atoms with Gasteiger partial charge < -0.3 is 10.1 Å². The van der Waals surface area contributed by atoms with E-state index in [2.05, 4.69) is 5.32 Å². The van der Waals surface area contributed by atoms with Crippen LogP contribution in [0.1, 0.15) is 6.42 Å². The molecule has 23 heavy (non-hydrogen) atoms. The SMILES string of the molecule is O=C(CN1C(=O)CCOc2ccccc21)Nc1cccc(F)c1. The second-order valence-electron chi connectivity index (χ2n) is 5.10. The summed E-state index contributed by atoms with van der Waals surface area (Å²) < 4.78 is 18.7. The van der Waals surface area contributed by atoms with E-state index < -0.39 is 11.7 Å². The highest BCUT2D eigenvalue weighted by atomic mass is 19.1. The van der Waals surface area contributed by atoms with Crippen molar-refractivity contribution in [3.05, 3.63) is 54.3 Å². The number of rotatable bonds is 3. The number of nitrogens with zero attached hydrogens (tertiary/aromatic N) is 1. The Labute approximate surface area is 132 Å². The topological polar surface area (TPSA) is 58.6 Å². The Kier molecular flexibility index (Phi) is 4.23. The summed E-state index contributed by atoms with van der Waals surface area (Å²) in [5.74, 6) is -0.464. The van der Waals surface area contributed by atoms with Gasteiger partial charge in [0.1, 0.15) is 18.1 Å². The molecule has 1 aliphatic rings. The molecule has 118 valence electrons. The van der Waals surface area contributed by atoms with Gasteiger partial charge in [-0.05, 0) is 30.3 Å². The van der Waals surface area contributed by atoms with Gasteiger partial charge in [-0.15, -0.1) is 0 Å². The quantitative estimate of drug-likeness (QED) is 0.947. The minimum absolute atomic E-state index is 0.157. The molecule has 0 saturated heterocycles. The third-order valence-corrected chi connectivity index (χ3v) is 3.44. The van der Waals surface area contributed by atoms with E-state index in [1.807, 2.05) is 0 Å². The third kappa shape index (κ3) is 3.48. The van der Waals surface area contributed by atoms with Gasteiger partial charge in [-0.3, -0.25) is 14.5 Å². The number of para-hydroxylation sites is 2. The van der Waals surface area contributed by atoms with Crippen molar-refractivity contribution in [3.8, 4) is 5.75 Å². The van der Waals surface area contributed by atoms with Gasteiger partial charge in [0, 0.05) is 5.69 Å².